The maximum Gasteiger partial charge on any atom is 4.00 e. The molecule has 6 heteroatoms. The van der Waals surface area contributed by atoms with E-state index in [1.807, 2.05) is 0 Å². The third kappa shape index (κ3) is 16.4. The number of nitrogens with one attached hydrogen (secondary N) is 1. The molecular weight excluding hydrogens is 621 g/mol. The molecule has 0 aromatic heterocycles. The molecule has 0 heterocycles. The van der Waals surface area contributed by atoms with Crippen molar-refractivity contribution in [2.45, 2.75) is 71.1 Å². The summed E-state index contributed by atoms with van der Waals surface area (Å²) in [6, 6.07) is 40.4. The average Bonchev–Trinajstić information content (AvgIpc) is 3.37. The van der Waals surface area contributed by atoms with Gasteiger partial charge in [0.15, 0.2) is 0 Å². The number of unbranched alkanes of at least 4 members (excludes halogenated alkanes) is 8. The van der Waals surface area contributed by atoms with E-state index >= 15 is 0 Å². The zero-order valence-corrected chi connectivity index (χ0v) is 29.3. The van der Waals surface area contributed by atoms with Crippen LogP contribution in [0, 0.1) is 0 Å². The number of carbonyl (C=O) groups excluding carboxylic acids is 1. The van der Waals surface area contributed by atoms with Gasteiger partial charge in [0, 0.05) is 5.91 Å². The maximum absolute atomic E-state index is 10.3. The van der Waals surface area contributed by atoms with Crippen LogP contribution < -0.4 is 35.2 Å². The molecule has 0 unspecified atom stereocenters. The van der Waals surface area contributed by atoms with E-state index in [9.17, 15) is 4.79 Å². The van der Waals surface area contributed by atoms with Crippen LogP contribution in [0.2, 0.25) is 0 Å². The van der Waals surface area contributed by atoms with Gasteiger partial charge in [-0.1, -0.05) is 166 Å². The standard InChI is InChI=1S/C13H9.C12H25NO.C12H10Si.2ClH.Ti/c1-3-7-12-10(5-1)9-11-6-2-4-8-13(11)12;1-2-3-4-5-6-7-8-9-10-11-12(13)14;1-3-7-11(8-4-1)13-12-9-5-2-6-10-12;;;/h1-9H;2-11H2,1H3,(H2,13,14);1-10H;2*1H;/q-1;;;;;+4/p-3. The number of fused-ring (bicyclic) bond motifs is 3. The third-order valence-electron chi connectivity index (χ3n) is 6.87. The van der Waals surface area contributed by atoms with E-state index < -0.39 is 5.91 Å². The molecule has 0 atom stereocenters. The zero-order chi connectivity index (χ0) is 28.3. The van der Waals surface area contributed by atoms with E-state index in [-0.39, 0.29) is 46.5 Å². The quantitative estimate of drug-likeness (QED) is 0.114. The van der Waals surface area contributed by atoms with Crippen LogP contribution in [-0.4, -0.2) is 15.4 Å². The molecular formula is C37H43Cl2NOSiTi. The molecule has 0 aliphatic rings. The molecule has 0 saturated carbocycles. The molecule has 2 radical (unpaired) electrons. The SMILES string of the molecule is CCCCCCCCCCCC([NH-])=O.[Cl-].[Cl-].[Ti+4].c1ccc([Si]c2ccccc2)cc1.c1ccc2c(c1)[cH-]c1ccccc12. The van der Waals surface area contributed by atoms with Crippen molar-refractivity contribution in [1.29, 1.82) is 0 Å². The maximum atomic E-state index is 10.3. The topological polar surface area (TPSA) is 40.9 Å². The minimum atomic E-state index is -0.409. The van der Waals surface area contributed by atoms with E-state index in [1.54, 1.807) is 0 Å². The number of benzene rings is 4. The van der Waals surface area contributed by atoms with Gasteiger partial charge < -0.3 is 35.3 Å². The molecule has 5 rings (SSSR count). The van der Waals surface area contributed by atoms with Crippen molar-refractivity contribution in [2.75, 3.05) is 0 Å². The summed E-state index contributed by atoms with van der Waals surface area (Å²) in [7, 11) is 0.777. The minimum Gasteiger partial charge on any atom is -1.00 e. The van der Waals surface area contributed by atoms with E-state index in [0.29, 0.717) is 6.42 Å². The van der Waals surface area contributed by atoms with Crippen LogP contribution in [0.15, 0.2) is 115 Å². The number of amides is 1. The Kier molecular flexibility index (Phi) is 23.8. The van der Waals surface area contributed by atoms with Crippen molar-refractivity contribution < 1.29 is 51.3 Å². The molecule has 0 bridgehead atoms. The van der Waals surface area contributed by atoms with E-state index in [0.717, 1.165) is 22.4 Å². The third-order valence-corrected chi connectivity index (χ3v) is 8.11. The molecule has 43 heavy (non-hydrogen) atoms. The number of hydrogen-bond acceptors (Lipinski definition) is 1. The van der Waals surface area contributed by atoms with Crippen molar-refractivity contribution >= 4 is 47.3 Å². The van der Waals surface area contributed by atoms with E-state index in [2.05, 4.69) is 122 Å². The first-order valence-electron chi connectivity index (χ1n) is 14.8. The Morgan fingerprint density at radius 2 is 0.953 bits per heavy atom. The van der Waals surface area contributed by atoms with Gasteiger partial charge in [0.05, 0.1) is 0 Å². The monoisotopic (exact) mass is 663 g/mol. The largest absolute Gasteiger partial charge is 4.00 e. The first kappa shape index (κ1) is 40.7. The minimum absolute atomic E-state index is 0. The molecule has 0 saturated heterocycles. The zero-order valence-electron chi connectivity index (χ0n) is 25.2. The van der Waals surface area contributed by atoms with Crippen LogP contribution in [0.5, 0.6) is 0 Å². The smallest absolute Gasteiger partial charge is 1.00 e. The van der Waals surface area contributed by atoms with Crippen molar-refractivity contribution in [2.24, 2.45) is 0 Å². The van der Waals surface area contributed by atoms with Gasteiger partial charge in [-0.25, -0.2) is 0 Å². The predicted molar refractivity (Wildman–Crippen MR) is 176 cm³/mol. The Labute approximate surface area is 289 Å². The molecule has 5 aromatic rings. The second-order valence-electron chi connectivity index (χ2n) is 10.2. The summed E-state index contributed by atoms with van der Waals surface area (Å²) in [5, 5.41) is 8.19. The molecule has 0 aliphatic carbocycles. The van der Waals surface area contributed by atoms with Gasteiger partial charge in [-0.3, -0.25) is 0 Å². The second kappa shape index (κ2) is 25.1. The molecule has 1 N–H and O–H groups in total. The fourth-order valence-corrected chi connectivity index (χ4v) is 5.76. The number of rotatable bonds is 12. The number of carbonyl (C=O) groups is 1. The van der Waals surface area contributed by atoms with Gasteiger partial charge in [0.2, 0.25) is 0 Å². The molecule has 5 aromatic carbocycles. The number of hydrogen-bond donors (Lipinski definition) is 0. The first-order valence-corrected chi connectivity index (χ1v) is 15.8. The Hall–Kier alpha value is -2.27. The summed E-state index contributed by atoms with van der Waals surface area (Å²) in [5.74, 6) is -0.409. The van der Waals surface area contributed by atoms with Crippen LogP contribution >= 0.6 is 0 Å². The average molecular weight is 665 g/mol. The Balaban J connectivity index is 0.000000594. The second-order valence-corrected chi connectivity index (χ2v) is 11.6. The summed E-state index contributed by atoms with van der Waals surface area (Å²) in [4.78, 5) is 10.3. The van der Waals surface area contributed by atoms with E-state index in [1.165, 1.54) is 76.9 Å². The van der Waals surface area contributed by atoms with Crippen molar-refractivity contribution in [3.63, 3.8) is 0 Å². The van der Waals surface area contributed by atoms with Crippen LogP contribution in [0.25, 0.3) is 27.3 Å². The Morgan fingerprint density at radius 1 is 0.581 bits per heavy atom. The van der Waals surface area contributed by atoms with Crippen LogP contribution in [0.3, 0.4) is 0 Å². The molecule has 0 aliphatic heterocycles. The molecule has 1 amide bonds. The van der Waals surface area contributed by atoms with Gasteiger partial charge in [-0.05, 0) is 12.8 Å². The van der Waals surface area contributed by atoms with Crippen LogP contribution in [0.4, 0.5) is 0 Å². The fraction of sp³-hybridized carbons (Fsp3) is 0.297. The van der Waals surface area contributed by atoms with E-state index in [4.69, 9.17) is 5.73 Å². The van der Waals surface area contributed by atoms with Gasteiger partial charge >= 0.3 is 21.7 Å². The summed E-state index contributed by atoms with van der Waals surface area (Å²) >= 11 is 0. The summed E-state index contributed by atoms with van der Waals surface area (Å²) in [6.07, 6.45) is 11.8. The molecule has 0 spiro atoms. The van der Waals surface area contributed by atoms with Crippen LogP contribution in [-0.2, 0) is 26.5 Å². The van der Waals surface area contributed by atoms with Crippen molar-refractivity contribution in [3.8, 4) is 0 Å². The summed E-state index contributed by atoms with van der Waals surface area (Å²) < 4.78 is 0. The number of halogens is 2. The normalized spacial score (nSPS) is 9.70. The van der Waals surface area contributed by atoms with Gasteiger partial charge in [0.1, 0.15) is 9.52 Å². The van der Waals surface area contributed by atoms with Crippen LogP contribution in [0.1, 0.15) is 71.1 Å². The molecule has 224 valence electrons. The fourth-order valence-electron chi connectivity index (χ4n) is 4.71. The predicted octanol–water partition coefficient (Wildman–Crippen LogP) is 3.55. The first-order chi connectivity index (χ1) is 19.7. The van der Waals surface area contributed by atoms with Crippen molar-refractivity contribution in [1.82, 2.24) is 0 Å². The van der Waals surface area contributed by atoms with Gasteiger partial charge in [-0.15, -0.1) is 39.7 Å². The molecule has 2 nitrogen and oxygen atoms in total. The Bertz CT molecular complexity index is 1290. The molecule has 0 fully saturated rings. The summed E-state index contributed by atoms with van der Waals surface area (Å²) in [5.41, 5.74) is 6.73. The van der Waals surface area contributed by atoms with Gasteiger partial charge in [0.25, 0.3) is 0 Å². The van der Waals surface area contributed by atoms with Gasteiger partial charge in [-0.2, -0.15) is 0 Å². The van der Waals surface area contributed by atoms with Crippen molar-refractivity contribution in [3.05, 3.63) is 121 Å². The Morgan fingerprint density at radius 3 is 1.37 bits per heavy atom. The summed E-state index contributed by atoms with van der Waals surface area (Å²) in [6.45, 7) is 2.23.